The summed E-state index contributed by atoms with van der Waals surface area (Å²) in [5.41, 5.74) is 0. The van der Waals surface area contributed by atoms with Crippen LogP contribution in [0.15, 0.2) is 12.4 Å². The van der Waals surface area contributed by atoms with E-state index in [1.807, 2.05) is 10.9 Å². The van der Waals surface area contributed by atoms with Crippen molar-refractivity contribution < 1.29 is 0 Å². The van der Waals surface area contributed by atoms with Crippen LogP contribution >= 0.6 is 22.6 Å². The van der Waals surface area contributed by atoms with E-state index in [-0.39, 0.29) is 0 Å². The van der Waals surface area contributed by atoms with Gasteiger partial charge in [0.25, 0.3) is 0 Å². The Kier molecular flexibility index (Phi) is 2.13. The van der Waals surface area contributed by atoms with Crippen molar-refractivity contribution in [2.75, 3.05) is 13.1 Å². The number of nitrogens with one attached hydrogen (secondary N) is 1. The highest BCUT2D eigenvalue weighted by atomic mass is 127. The smallest absolute Gasteiger partial charge is 0.0623 e. The molecule has 0 aliphatic carbocycles. The second-order valence-electron chi connectivity index (χ2n) is 2.90. The fourth-order valence-electron chi connectivity index (χ4n) is 1.18. The lowest BCUT2D eigenvalue weighted by molar-refractivity contribution is 0.295. The fourth-order valence-corrected chi connectivity index (χ4v) is 1.63. The third-order valence-electron chi connectivity index (χ3n) is 1.91. The Balaban J connectivity index is 1.95. The van der Waals surface area contributed by atoms with Gasteiger partial charge in [0, 0.05) is 31.7 Å². The van der Waals surface area contributed by atoms with Crippen molar-refractivity contribution in [3.63, 3.8) is 0 Å². The van der Waals surface area contributed by atoms with Crippen molar-refractivity contribution in [1.29, 1.82) is 0 Å². The first-order valence-electron chi connectivity index (χ1n) is 3.73. The molecule has 3 nitrogen and oxygen atoms in total. The van der Waals surface area contributed by atoms with E-state index in [1.54, 1.807) is 0 Å². The van der Waals surface area contributed by atoms with Crippen LogP contribution in [-0.2, 0) is 6.54 Å². The van der Waals surface area contributed by atoms with Gasteiger partial charge in [-0.05, 0) is 22.6 Å². The molecule has 1 N–H and O–H groups in total. The molecule has 0 atom stereocenters. The number of nitrogens with zero attached hydrogens (tertiary/aromatic N) is 2. The van der Waals surface area contributed by atoms with Gasteiger partial charge in [-0.15, -0.1) is 0 Å². The Morgan fingerprint density at radius 3 is 3.00 bits per heavy atom. The summed E-state index contributed by atoms with van der Waals surface area (Å²) in [5, 5.41) is 7.46. The van der Waals surface area contributed by atoms with Crippen molar-refractivity contribution in [1.82, 2.24) is 15.1 Å². The quantitative estimate of drug-likeness (QED) is 0.796. The molecule has 60 valence electrons. The minimum absolute atomic E-state index is 0.797. The molecular weight excluding hydrogens is 253 g/mol. The molecule has 0 bridgehead atoms. The third-order valence-corrected chi connectivity index (χ3v) is 2.47. The predicted molar refractivity (Wildman–Crippen MR) is 51.3 cm³/mol. The van der Waals surface area contributed by atoms with Gasteiger partial charge in [0.2, 0.25) is 0 Å². The fraction of sp³-hybridized carbons (Fsp3) is 0.571. The van der Waals surface area contributed by atoms with Gasteiger partial charge >= 0.3 is 0 Å². The van der Waals surface area contributed by atoms with Gasteiger partial charge in [-0.2, -0.15) is 5.10 Å². The first-order chi connectivity index (χ1) is 5.34. The Morgan fingerprint density at radius 2 is 2.55 bits per heavy atom. The molecule has 11 heavy (non-hydrogen) atoms. The molecule has 0 amide bonds. The topological polar surface area (TPSA) is 29.9 Å². The predicted octanol–water partition coefficient (Wildman–Crippen LogP) is 0.707. The molecule has 1 saturated heterocycles. The standard InChI is InChI=1S/C7H10IN3/c8-7-3-10-11(5-7)4-6-1-9-2-6/h3,5-6,9H,1-2,4H2. The Labute approximate surface area is 79.3 Å². The zero-order chi connectivity index (χ0) is 7.68. The zero-order valence-corrected chi connectivity index (χ0v) is 8.28. The van der Waals surface area contributed by atoms with Crippen LogP contribution in [0.2, 0.25) is 0 Å². The van der Waals surface area contributed by atoms with E-state index in [4.69, 9.17) is 0 Å². The van der Waals surface area contributed by atoms with Gasteiger partial charge in [-0.25, -0.2) is 0 Å². The van der Waals surface area contributed by atoms with E-state index in [0.29, 0.717) is 0 Å². The molecule has 0 spiro atoms. The number of hydrogen-bond donors (Lipinski definition) is 1. The van der Waals surface area contributed by atoms with E-state index >= 15 is 0 Å². The molecule has 2 rings (SSSR count). The maximum absolute atomic E-state index is 4.22. The van der Waals surface area contributed by atoms with Crippen molar-refractivity contribution in [3.05, 3.63) is 16.0 Å². The second kappa shape index (κ2) is 3.10. The van der Waals surface area contributed by atoms with Crippen LogP contribution in [0.5, 0.6) is 0 Å². The first-order valence-corrected chi connectivity index (χ1v) is 4.81. The lowest BCUT2D eigenvalue weighted by atomic mass is 10.0. The molecule has 1 aromatic heterocycles. The van der Waals surface area contributed by atoms with Crippen LogP contribution in [-0.4, -0.2) is 22.9 Å². The molecule has 0 radical (unpaired) electrons. The van der Waals surface area contributed by atoms with Crippen LogP contribution in [0.3, 0.4) is 0 Å². The maximum atomic E-state index is 4.22. The molecule has 0 saturated carbocycles. The number of halogens is 1. The van der Waals surface area contributed by atoms with Gasteiger partial charge in [-0.3, -0.25) is 4.68 Å². The maximum Gasteiger partial charge on any atom is 0.0623 e. The molecule has 4 heteroatoms. The molecule has 1 fully saturated rings. The van der Waals surface area contributed by atoms with Crippen LogP contribution in [0.25, 0.3) is 0 Å². The van der Waals surface area contributed by atoms with Crippen LogP contribution in [0.1, 0.15) is 0 Å². The lowest BCUT2D eigenvalue weighted by Crippen LogP contribution is -2.44. The van der Waals surface area contributed by atoms with Gasteiger partial charge in [0.1, 0.15) is 0 Å². The Bertz CT molecular complexity index is 242. The number of rotatable bonds is 2. The summed E-state index contributed by atoms with van der Waals surface area (Å²) in [4.78, 5) is 0. The number of hydrogen-bond acceptors (Lipinski definition) is 2. The second-order valence-corrected chi connectivity index (χ2v) is 4.15. The molecule has 2 heterocycles. The van der Waals surface area contributed by atoms with Crippen LogP contribution in [0, 0.1) is 9.49 Å². The van der Waals surface area contributed by atoms with Gasteiger partial charge in [-0.1, -0.05) is 0 Å². The van der Waals surface area contributed by atoms with E-state index in [0.717, 1.165) is 25.6 Å². The van der Waals surface area contributed by atoms with Crippen molar-refractivity contribution in [2.24, 2.45) is 5.92 Å². The van der Waals surface area contributed by atoms with Gasteiger partial charge in [0.05, 0.1) is 9.77 Å². The number of aromatic nitrogens is 2. The van der Waals surface area contributed by atoms with Crippen LogP contribution in [0.4, 0.5) is 0 Å². The van der Waals surface area contributed by atoms with Crippen LogP contribution < -0.4 is 5.32 Å². The summed E-state index contributed by atoms with van der Waals surface area (Å²) >= 11 is 2.28. The average molecular weight is 263 g/mol. The van der Waals surface area contributed by atoms with E-state index in [9.17, 15) is 0 Å². The summed E-state index contributed by atoms with van der Waals surface area (Å²) in [5.74, 6) is 0.797. The first kappa shape index (κ1) is 7.54. The molecule has 1 aliphatic rings. The summed E-state index contributed by atoms with van der Waals surface area (Å²) in [6.45, 7) is 3.36. The summed E-state index contributed by atoms with van der Waals surface area (Å²) in [7, 11) is 0. The molecule has 0 unspecified atom stereocenters. The van der Waals surface area contributed by atoms with Gasteiger partial charge in [0.15, 0.2) is 0 Å². The lowest BCUT2D eigenvalue weighted by Gasteiger charge is -2.26. The normalized spacial score (nSPS) is 18.3. The monoisotopic (exact) mass is 263 g/mol. The Morgan fingerprint density at radius 1 is 1.73 bits per heavy atom. The SMILES string of the molecule is Ic1cnn(CC2CNC2)c1. The molecule has 1 aliphatic heterocycles. The van der Waals surface area contributed by atoms with E-state index in [2.05, 4.69) is 39.2 Å². The minimum Gasteiger partial charge on any atom is -0.316 e. The summed E-state index contributed by atoms with van der Waals surface area (Å²) in [6, 6.07) is 0. The molecular formula is C7H10IN3. The largest absolute Gasteiger partial charge is 0.316 e. The average Bonchev–Trinajstić information content (AvgIpc) is 2.27. The third kappa shape index (κ3) is 1.73. The minimum atomic E-state index is 0.797. The van der Waals surface area contributed by atoms with Crippen molar-refractivity contribution in [3.8, 4) is 0 Å². The Hall–Kier alpha value is -0.100. The van der Waals surface area contributed by atoms with Crippen molar-refractivity contribution >= 4 is 22.6 Å². The molecule has 1 aromatic rings. The summed E-state index contributed by atoms with van der Waals surface area (Å²) < 4.78 is 3.24. The molecule has 0 aromatic carbocycles. The van der Waals surface area contributed by atoms with Crippen molar-refractivity contribution in [2.45, 2.75) is 6.54 Å². The van der Waals surface area contributed by atoms with Gasteiger partial charge < -0.3 is 5.32 Å². The van der Waals surface area contributed by atoms with E-state index < -0.39 is 0 Å². The highest BCUT2D eigenvalue weighted by molar-refractivity contribution is 14.1. The zero-order valence-electron chi connectivity index (χ0n) is 6.13. The highest BCUT2D eigenvalue weighted by Gasteiger charge is 2.16. The van der Waals surface area contributed by atoms with E-state index in [1.165, 1.54) is 3.57 Å². The highest BCUT2D eigenvalue weighted by Crippen LogP contribution is 2.07. The summed E-state index contributed by atoms with van der Waals surface area (Å²) in [6.07, 6.45) is 3.98.